The predicted octanol–water partition coefficient (Wildman–Crippen LogP) is 3.66. The minimum atomic E-state index is -0.736. The first kappa shape index (κ1) is 19.7. The zero-order chi connectivity index (χ0) is 21.3. The highest BCUT2D eigenvalue weighted by Gasteiger charge is 2.17. The molecule has 0 fully saturated rings. The second kappa shape index (κ2) is 7.50. The Morgan fingerprint density at radius 2 is 1.59 bits per heavy atom. The number of nitrogens with zero attached hydrogens (tertiary/aromatic N) is 4. The predicted molar refractivity (Wildman–Crippen MR) is 108 cm³/mol. The van der Waals surface area contributed by atoms with E-state index >= 15 is 0 Å². The lowest BCUT2D eigenvalue weighted by atomic mass is 10.1. The summed E-state index contributed by atoms with van der Waals surface area (Å²) in [7, 11) is 0. The average molecular weight is 395 g/mol. The number of nitro benzene ring substituents is 2. The normalized spacial score (nSPS) is 11.1. The maximum Gasteiger partial charge on any atom is 0.280 e. The first-order valence-corrected chi connectivity index (χ1v) is 8.54. The van der Waals surface area contributed by atoms with Crippen molar-refractivity contribution in [1.29, 1.82) is 0 Å². The van der Waals surface area contributed by atoms with E-state index in [2.05, 4.69) is 10.1 Å². The highest BCUT2D eigenvalue weighted by Crippen LogP contribution is 2.27. The van der Waals surface area contributed by atoms with Crippen LogP contribution in [0.5, 0.6) is 0 Å². The molecule has 0 unspecified atom stereocenters. The smallest absolute Gasteiger partial charge is 0.280 e. The van der Waals surface area contributed by atoms with Crippen molar-refractivity contribution in [3.05, 3.63) is 89.4 Å². The molecule has 1 aromatic heterocycles. The molecule has 148 valence electrons. The Kier molecular flexibility index (Phi) is 5.09. The summed E-state index contributed by atoms with van der Waals surface area (Å²) in [5, 5.41) is 25.0. The van der Waals surface area contributed by atoms with E-state index < -0.39 is 21.2 Å². The SMILES string of the molecule is Cc1ccc(-n2[nH]c(C)c(C=Nc3cc([N+](=O)[O-])cc([N+](=O)[O-])c3)c2=O)cc1C. The molecule has 0 bridgehead atoms. The van der Waals surface area contributed by atoms with Crippen molar-refractivity contribution >= 4 is 23.3 Å². The number of aromatic nitrogens is 2. The number of benzene rings is 2. The maximum absolute atomic E-state index is 12.8. The van der Waals surface area contributed by atoms with Crippen LogP contribution in [0.15, 0.2) is 46.2 Å². The summed E-state index contributed by atoms with van der Waals surface area (Å²) in [6, 6.07) is 8.65. The number of aliphatic imine (C=N–C) groups is 1. The van der Waals surface area contributed by atoms with Gasteiger partial charge in [0.1, 0.15) is 0 Å². The third-order valence-corrected chi connectivity index (χ3v) is 4.52. The van der Waals surface area contributed by atoms with Gasteiger partial charge in [-0.3, -0.25) is 35.1 Å². The number of hydrogen-bond donors (Lipinski definition) is 1. The molecular weight excluding hydrogens is 378 g/mol. The van der Waals surface area contributed by atoms with Gasteiger partial charge in [0.25, 0.3) is 16.9 Å². The molecule has 1 N–H and O–H groups in total. The fraction of sp³-hybridized carbons (Fsp3) is 0.158. The third kappa shape index (κ3) is 3.95. The number of non-ortho nitro benzene ring substituents is 2. The van der Waals surface area contributed by atoms with Crippen molar-refractivity contribution in [3.8, 4) is 5.69 Å². The zero-order valence-corrected chi connectivity index (χ0v) is 15.9. The molecule has 3 aromatic rings. The van der Waals surface area contributed by atoms with Crippen molar-refractivity contribution < 1.29 is 9.85 Å². The molecule has 0 aliphatic carbocycles. The summed E-state index contributed by atoms with van der Waals surface area (Å²) in [5.41, 5.74) is 2.31. The van der Waals surface area contributed by atoms with E-state index in [1.165, 1.54) is 10.9 Å². The monoisotopic (exact) mass is 395 g/mol. The quantitative estimate of drug-likeness (QED) is 0.399. The van der Waals surface area contributed by atoms with Crippen molar-refractivity contribution in [1.82, 2.24) is 9.78 Å². The first-order chi connectivity index (χ1) is 13.7. The first-order valence-electron chi connectivity index (χ1n) is 8.54. The molecule has 0 atom stereocenters. The van der Waals surface area contributed by atoms with Crippen LogP contribution in [0.3, 0.4) is 0 Å². The Balaban J connectivity index is 2.03. The van der Waals surface area contributed by atoms with E-state index in [1.54, 1.807) is 6.92 Å². The lowest BCUT2D eigenvalue weighted by molar-refractivity contribution is -0.394. The van der Waals surface area contributed by atoms with Gasteiger partial charge in [0.15, 0.2) is 0 Å². The van der Waals surface area contributed by atoms with E-state index in [4.69, 9.17) is 0 Å². The van der Waals surface area contributed by atoms with Gasteiger partial charge in [-0.05, 0) is 44.0 Å². The topological polar surface area (TPSA) is 136 Å². The minimum absolute atomic E-state index is 0.00336. The summed E-state index contributed by atoms with van der Waals surface area (Å²) < 4.78 is 1.37. The van der Waals surface area contributed by atoms with Gasteiger partial charge < -0.3 is 0 Å². The van der Waals surface area contributed by atoms with Crippen LogP contribution >= 0.6 is 0 Å². The average Bonchev–Trinajstić information content (AvgIpc) is 2.95. The van der Waals surface area contributed by atoms with Gasteiger partial charge in [-0.25, -0.2) is 4.68 Å². The Hall–Kier alpha value is -4.08. The van der Waals surface area contributed by atoms with Gasteiger partial charge in [-0.2, -0.15) is 0 Å². The van der Waals surface area contributed by atoms with E-state index in [0.29, 0.717) is 11.4 Å². The van der Waals surface area contributed by atoms with Crippen molar-refractivity contribution in [2.75, 3.05) is 0 Å². The van der Waals surface area contributed by atoms with Crippen molar-refractivity contribution in [3.63, 3.8) is 0 Å². The molecule has 0 radical (unpaired) electrons. The Morgan fingerprint density at radius 3 is 2.14 bits per heavy atom. The number of hydrogen-bond acceptors (Lipinski definition) is 6. The van der Waals surface area contributed by atoms with Crippen molar-refractivity contribution in [2.24, 2.45) is 4.99 Å². The second-order valence-corrected chi connectivity index (χ2v) is 6.54. The zero-order valence-electron chi connectivity index (χ0n) is 15.9. The maximum atomic E-state index is 12.8. The van der Waals surface area contributed by atoms with Crippen LogP contribution in [-0.4, -0.2) is 25.8 Å². The molecule has 0 spiro atoms. The summed E-state index contributed by atoms with van der Waals surface area (Å²) in [6.07, 6.45) is 1.24. The minimum Gasteiger partial charge on any atom is -0.295 e. The van der Waals surface area contributed by atoms with E-state index in [1.807, 2.05) is 32.0 Å². The molecule has 0 aliphatic heterocycles. The van der Waals surface area contributed by atoms with Crippen LogP contribution < -0.4 is 5.56 Å². The molecule has 1 heterocycles. The summed E-state index contributed by atoms with van der Waals surface area (Å²) >= 11 is 0. The highest BCUT2D eigenvalue weighted by atomic mass is 16.6. The largest absolute Gasteiger partial charge is 0.295 e. The molecule has 0 amide bonds. The van der Waals surface area contributed by atoms with Crippen LogP contribution in [-0.2, 0) is 0 Å². The van der Waals surface area contributed by atoms with Crippen LogP contribution in [0.25, 0.3) is 5.69 Å². The van der Waals surface area contributed by atoms with E-state index in [9.17, 15) is 25.0 Å². The van der Waals surface area contributed by atoms with Gasteiger partial charge in [0.2, 0.25) is 0 Å². The van der Waals surface area contributed by atoms with Gasteiger partial charge >= 0.3 is 0 Å². The second-order valence-electron chi connectivity index (χ2n) is 6.54. The molecule has 3 rings (SSSR count). The van der Waals surface area contributed by atoms with Crippen LogP contribution in [0, 0.1) is 41.0 Å². The van der Waals surface area contributed by atoms with Gasteiger partial charge in [0, 0.05) is 24.0 Å². The van der Waals surface area contributed by atoms with Crippen LogP contribution in [0.1, 0.15) is 22.4 Å². The van der Waals surface area contributed by atoms with E-state index in [-0.39, 0.29) is 16.8 Å². The Labute approximate surface area is 164 Å². The number of aryl methyl sites for hydroxylation is 3. The summed E-state index contributed by atoms with van der Waals surface area (Å²) in [6.45, 7) is 5.60. The molecule has 10 heteroatoms. The number of nitrogens with one attached hydrogen (secondary N) is 1. The lowest BCUT2D eigenvalue weighted by Gasteiger charge is -2.05. The number of rotatable bonds is 5. The van der Waals surface area contributed by atoms with Gasteiger partial charge in [0.05, 0.1) is 32.9 Å². The number of H-pyrrole nitrogens is 1. The van der Waals surface area contributed by atoms with Crippen LogP contribution in [0.2, 0.25) is 0 Å². The molecule has 2 aromatic carbocycles. The fourth-order valence-electron chi connectivity index (χ4n) is 2.76. The molecule has 0 saturated carbocycles. The molecule has 0 aliphatic rings. The van der Waals surface area contributed by atoms with Gasteiger partial charge in [-0.1, -0.05) is 6.07 Å². The molecule has 10 nitrogen and oxygen atoms in total. The Morgan fingerprint density at radius 1 is 0.966 bits per heavy atom. The number of nitro groups is 2. The van der Waals surface area contributed by atoms with Crippen LogP contribution in [0.4, 0.5) is 17.1 Å². The lowest BCUT2D eigenvalue weighted by Crippen LogP contribution is -2.17. The molecular formula is C19H17N5O5. The highest BCUT2D eigenvalue weighted by molar-refractivity contribution is 5.83. The van der Waals surface area contributed by atoms with Gasteiger partial charge in [-0.15, -0.1) is 0 Å². The summed E-state index contributed by atoms with van der Waals surface area (Å²) in [5.74, 6) is 0. The summed E-state index contributed by atoms with van der Waals surface area (Å²) in [4.78, 5) is 37.4. The molecule has 29 heavy (non-hydrogen) atoms. The fourth-order valence-corrected chi connectivity index (χ4v) is 2.76. The van der Waals surface area contributed by atoms with Crippen molar-refractivity contribution in [2.45, 2.75) is 20.8 Å². The Bertz CT molecular complexity index is 1190. The standard InChI is InChI=1S/C19H17N5O5/c1-11-4-5-15(6-12(11)2)22-19(25)18(13(3)21-22)10-20-14-7-16(23(26)27)9-17(8-14)24(28)29/h4-10,21H,1-3H3. The third-order valence-electron chi connectivity index (χ3n) is 4.52. The van der Waals surface area contributed by atoms with E-state index in [0.717, 1.165) is 29.3 Å². The number of aromatic amines is 1. The molecule has 0 saturated heterocycles.